The summed E-state index contributed by atoms with van der Waals surface area (Å²) in [5.74, 6) is 1.45. The van der Waals surface area contributed by atoms with E-state index >= 15 is 0 Å². The highest BCUT2D eigenvalue weighted by Crippen LogP contribution is 2.24. The molecule has 0 bridgehead atoms. The molecule has 0 spiro atoms. The number of carbonyl (C=O) groups excluding carboxylic acids is 2. The van der Waals surface area contributed by atoms with E-state index in [9.17, 15) is 9.59 Å². The zero-order valence-electron chi connectivity index (χ0n) is 16.2. The number of nitrogens with zero attached hydrogens (tertiary/aromatic N) is 1. The van der Waals surface area contributed by atoms with Gasteiger partial charge in [0.25, 0.3) is 0 Å². The highest BCUT2D eigenvalue weighted by Gasteiger charge is 2.26. The molecule has 0 unspecified atom stereocenters. The fourth-order valence-electron chi connectivity index (χ4n) is 3.41. The maximum absolute atomic E-state index is 12.7. The highest BCUT2D eigenvalue weighted by molar-refractivity contribution is 5.89. The van der Waals surface area contributed by atoms with Crippen molar-refractivity contribution in [2.24, 2.45) is 0 Å². The number of likely N-dealkylation sites (tertiary alicyclic amines) is 1. The normalized spacial score (nSPS) is 16.3. The zero-order chi connectivity index (χ0) is 19.8. The van der Waals surface area contributed by atoms with E-state index in [0.717, 1.165) is 49.4 Å². The molecule has 3 amide bonds. The summed E-state index contributed by atoms with van der Waals surface area (Å²) in [6.07, 6.45) is 3.86. The lowest BCUT2D eigenvalue weighted by molar-refractivity contribution is -0.119. The van der Waals surface area contributed by atoms with Crippen molar-refractivity contribution in [3.63, 3.8) is 0 Å². The third kappa shape index (κ3) is 5.74. The van der Waals surface area contributed by atoms with E-state index in [1.807, 2.05) is 59.5 Å². The lowest BCUT2D eigenvalue weighted by Gasteiger charge is -2.35. The monoisotopic (exact) mass is 381 g/mol. The molecule has 2 N–H and O–H groups in total. The smallest absolute Gasteiger partial charge is 0.322 e. The molecule has 1 fully saturated rings. The number of rotatable bonds is 6. The number of nitrogens with one attached hydrogen (secondary N) is 2. The molecule has 2 aromatic rings. The molecule has 6 nitrogen and oxygen atoms in total. The van der Waals surface area contributed by atoms with Crippen LogP contribution in [0.2, 0.25) is 0 Å². The summed E-state index contributed by atoms with van der Waals surface area (Å²) in [4.78, 5) is 25.7. The van der Waals surface area contributed by atoms with Gasteiger partial charge in [-0.2, -0.15) is 0 Å². The van der Waals surface area contributed by atoms with Crippen molar-refractivity contribution < 1.29 is 14.3 Å². The number of benzene rings is 2. The molecule has 28 heavy (non-hydrogen) atoms. The molecule has 1 aliphatic rings. The van der Waals surface area contributed by atoms with Crippen LogP contribution in [-0.4, -0.2) is 36.0 Å². The first-order valence-electron chi connectivity index (χ1n) is 9.77. The predicted octanol–water partition coefficient (Wildman–Crippen LogP) is 4.39. The number of carbonyl (C=O) groups is 2. The molecule has 148 valence electrons. The molecule has 1 atom stereocenters. The van der Waals surface area contributed by atoms with Crippen LogP contribution in [-0.2, 0) is 4.79 Å². The molecule has 1 saturated heterocycles. The first kappa shape index (κ1) is 19.7. The van der Waals surface area contributed by atoms with Gasteiger partial charge in [-0.05, 0) is 62.1 Å². The van der Waals surface area contributed by atoms with Crippen molar-refractivity contribution in [3.05, 3.63) is 54.6 Å². The molecular weight excluding hydrogens is 354 g/mol. The highest BCUT2D eigenvalue weighted by atomic mass is 16.5. The van der Waals surface area contributed by atoms with Gasteiger partial charge >= 0.3 is 6.03 Å². The minimum Gasteiger partial charge on any atom is -0.457 e. The number of piperidine rings is 1. The van der Waals surface area contributed by atoms with Crippen LogP contribution in [0.4, 0.5) is 10.5 Å². The average molecular weight is 381 g/mol. The lowest BCUT2D eigenvalue weighted by Crippen LogP contribution is -2.47. The van der Waals surface area contributed by atoms with Crippen LogP contribution in [0.25, 0.3) is 0 Å². The molecule has 1 heterocycles. The Labute approximate surface area is 165 Å². The van der Waals surface area contributed by atoms with Crippen molar-refractivity contribution in [2.75, 3.05) is 18.4 Å². The Kier molecular flexibility index (Phi) is 6.89. The summed E-state index contributed by atoms with van der Waals surface area (Å²) in [6.45, 7) is 2.84. The van der Waals surface area contributed by atoms with E-state index in [1.54, 1.807) is 0 Å². The Hall–Kier alpha value is -3.02. The largest absolute Gasteiger partial charge is 0.457 e. The van der Waals surface area contributed by atoms with Gasteiger partial charge in [0.05, 0.1) is 0 Å². The number of amides is 3. The van der Waals surface area contributed by atoms with Crippen LogP contribution >= 0.6 is 0 Å². The van der Waals surface area contributed by atoms with E-state index in [2.05, 4.69) is 10.6 Å². The predicted molar refractivity (Wildman–Crippen MR) is 110 cm³/mol. The van der Waals surface area contributed by atoms with Crippen molar-refractivity contribution in [1.29, 1.82) is 0 Å². The number of hydrogen-bond donors (Lipinski definition) is 2. The van der Waals surface area contributed by atoms with Gasteiger partial charge in [-0.3, -0.25) is 4.79 Å². The van der Waals surface area contributed by atoms with E-state index in [4.69, 9.17) is 4.74 Å². The molecule has 1 aliphatic heterocycles. The Morgan fingerprint density at radius 1 is 1.04 bits per heavy atom. The summed E-state index contributed by atoms with van der Waals surface area (Å²) in [7, 11) is 0. The maximum atomic E-state index is 12.7. The van der Waals surface area contributed by atoms with E-state index < -0.39 is 0 Å². The topological polar surface area (TPSA) is 70.7 Å². The molecular formula is C22H27N3O3. The SMILES string of the molecule is CC(=O)NCC[C@H]1CCCCN1C(=O)Nc1ccc(Oc2ccccc2)cc1. The molecule has 0 saturated carbocycles. The Bertz CT molecular complexity index is 777. The molecule has 0 radical (unpaired) electrons. The van der Waals surface area contributed by atoms with Crippen molar-refractivity contribution in [1.82, 2.24) is 10.2 Å². The third-order valence-electron chi connectivity index (χ3n) is 4.82. The number of ether oxygens (including phenoxy) is 1. The molecule has 0 aromatic heterocycles. The van der Waals surface area contributed by atoms with Crippen LogP contribution in [0, 0.1) is 0 Å². The van der Waals surface area contributed by atoms with Crippen LogP contribution in [0.3, 0.4) is 0 Å². The van der Waals surface area contributed by atoms with Crippen molar-refractivity contribution in [3.8, 4) is 11.5 Å². The minimum absolute atomic E-state index is 0.0374. The molecule has 6 heteroatoms. The van der Waals surface area contributed by atoms with Gasteiger partial charge in [0.1, 0.15) is 11.5 Å². The zero-order valence-corrected chi connectivity index (χ0v) is 16.2. The second kappa shape index (κ2) is 9.78. The summed E-state index contributed by atoms with van der Waals surface area (Å²) in [5, 5.41) is 5.79. The quantitative estimate of drug-likeness (QED) is 0.779. The Balaban J connectivity index is 1.55. The molecule has 3 rings (SSSR count). The molecule has 2 aromatic carbocycles. The summed E-state index contributed by atoms with van der Waals surface area (Å²) < 4.78 is 5.78. The lowest BCUT2D eigenvalue weighted by atomic mass is 10.00. The first-order chi connectivity index (χ1) is 13.6. The number of hydrogen-bond acceptors (Lipinski definition) is 3. The van der Waals surface area contributed by atoms with Gasteiger partial charge in [-0.1, -0.05) is 18.2 Å². The fourth-order valence-corrected chi connectivity index (χ4v) is 3.41. The van der Waals surface area contributed by atoms with Crippen LogP contribution < -0.4 is 15.4 Å². The standard InChI is InChI=1S/C22H27N3O3/c1-17(26)23-15-14-19-7-5-6-16-25(19)22(27)24-18-10-12-21(13-11-18)28-20-8-3-2-4-9-20/h2-4,8-13,19H,5-7,14-16H2,1H3,(H,23,26)(H,24,27)/t19-/m1/s1. The second-order valence-electron chi connectivity index (χ2n) is 6.98. The minimum atomic E-state index is -0.0933. The molecule has 0 aliphatic carbocycles. The van der Waals surface area contributed by atoms with Gasteiger partial charge in [0.15, 0.2) is 0 Å². The number of anilines is 1. The van der Waals surface area contributed by atoms with Crippen LogP contribution in [0.15, 0.2) is 54.6 Å². The van der Waals surface area contributed by atoms with Crippen LogP contribution in [0.1, 0.15) is 32.6 Å². The van der Waals surface area contributed by atoms with Gasteiger partial charge in [0, 0.05) is 31.7 Å². The summed E-state index contributed by atoms with van der Waals surface area (Å²) in [5.41, 5.74) is 0.733. The maximum Gasteiger partial charge on any atom is 0.322 e. The number of para-hydroxylation sites is 1. The second-order valence-corrected chi connectivity index (χ2v) is 6.98. The number of urea groups is 1. The van der Waals surface area contributed by atoms with Gasteiger partial charge < -0.3 is 20.3 Å². The van der Waals surface area contributed by atoms with Crippen molar-refractivity contribution in [2.45, 2.75) is 38.6 Å². The third-order valence-corrected chi connectivity index (χ3v) is 4.82. The van der Waals surface area contributed by atoms with Gasteiger partial charge in [-0.25, -0.2) is 4.79 Å². The summed E-state index contributed by atoms with van der Waals surface area (Å²) >= 11 is 0. The van der Waals surface area contributed by atoms with Gasteiger partial charge in [0.2, 0.25) is 5.91 Å². The Morgan fingerprint density at radius 3 is 2.46 bits per heavy atom. The van der Waals surface area contributed by atoms with Crippen LogP contribution in [0.5, 0.6) is 11.5 Å². The summed E-state index contributed by atoms with van der Waals surface area (Å²) in [6, 6.07) is 17.0. The van der Waals surface area contributed by atoms with E-state index in [-0.39, 0.29) is 18.0 Å². The average Bonchev–Trinajstić information content (AvgIpc) is 2.70. The van der Waals surface area contributed by atoms with E-state index in [1.165, 1.54) is 6.92 Å². The van der Waals surface area contributed by atoms with Crippen molar-refractivity contribution >= 4 is 17.6 Å². The fraction of sp³-hybridized carbons (Fsp3) is 0.364. The Morgan fingerprint density at radius 2 is 1.75 bits per heavy atom. The van der Waals surface area contributed by atoms with Gasteiger partial charge in [-0.15, -0.1) is 0 Å². The van der Waals surface area contributed by atoms with E-state index in [0.29, 0.717) is 6.54 Å². The first-order valence-corrected chi connectivity index (χ1v) is 9.77.